The first-order chi connectivity index (χ1) is 8.92. The van der Waals surface area contributed by atoms with Crippen LogP contribution in [-0.2, 0) is 12.8 Å². The zero-order chi connectivity index (χ0) is 12.2. The van der Waals surface area contributed by atoms with Crippen molar-refractivity contribution in [2.75, 3.05) is 0 Å². The van der Waals surface area contributed by atoms with Gasteiger partial charge in [0.25, 0.3) is 0 Å². The van der Waals surface area contributed by atoms with Crippen molar-refractivity contribution in [1.82, 2.24) is 19.9 Å². The first kappa shape index (κ1) is 10.8. The molecule has 90 valence electrons. The molecule has 1 aromatic carbocycles. The van der Waals surface area contributed by atoms with Crippen molar-refractivity contribution in [1.29, 1.82) is 0 Å². The van der Waals surface area contributed by atoms with E-state index < -0.39 is 0 Å². The van der Waals surface area contributed by atoms with Gasteiger partial charge < -0.3 is 9.97 Å². The Morgan fingerprint density at radius 1 is 1.00 bits per heavy atom. The van der Waals surface area contributed by atoms with Crippen molar-refractivity contribution in [2.45, 2.75) is 12.8 Å². The topological polar surface area (TPSA) is 57.4 Å². The van der Waals surface area contributed by atoms with Crippen LogP contribution in [0.15, 0.2) is 49.1 Å². The van der Waals surface area contributed by atoms with Gasteiger partial charge in [-0.15, -0.1) is 0 Å². The van der Waals surface area contributed by atoms with E-state index in [1.54, 1.807) is 6.33 Å². The number of aryl methyl sites for hydroxylation is 2. The number of hydrogen-bond acceptors (Lipinski definition) is 2. The van der Waals surface area contributed by atoms with Crippen LogP contribution in [0.1, 0.15) is 11.5 Å². The minimum atomic E-state index is 0.884. The number of imidazole rings is 2. The minimum absolute atomic E-state index is 0.884. The maximum absolute atomic E-state index is 4.40. The number of nitrogens with one attached hydrogen (secondary N) is 2. The first-order valence-corrected chi connectivity index (χ1v) is 5.98. The van der Waals surface area contributed by atoms with Crippen LogP contribution >= 0.6 is 0 Å². The summed E-state index contributed by atoms with van der Waals surface area (Å²) in [5.41, 5.74) is 3.36. The highest BCUT2D eigenvalue weighted by Gasteiger charge is 2.03. The first-order valence-electron chi connectivity index (χ1n) is 5.98. The van der Waals surface area contributed by atoms with Crippen molar-refractivity contribution in [3.8, 4) is 11.3 Å². The van der Waals surface area contributed by atoms with Crippen LogP contribution in [0.2, 0.25) is 0 Å². The predicted octanol–water partition coefficient (Wildman–Crippen LogP) is 2.58. The van der Waals surface area contributed by atoms with Gasteiger partial charge in [-0.1, -0.05) is 30.3 Å². The molecule has 0 saturated heterocycles. The zero-order valence-corrected chi connectivity index (χ0v) is 9.93. The Morgan fingerprint density at radius 2 is 1.89 bits per heavy atom. The Kier molecular flexibility index (Phi) is 2.92. The van der Waals surface area contributed by atoms with Crippen LogP contribution in [0.25, 0.3) is 11.3 Å². The average Bonchev–Trinajstić information content (AvgIpc) is 3.09. The summed E-state index contributed by atoms with van der Waals surface area (Å²) in [5, 5.41) is 0. The molecule has 3 rings (SSSR count). The van der Waals surface area contributed by atoms with E-state index >= 15 is 0 Å². The minimum Gasteiger partial charge on any atom is -0.348 e. The number of benzene rings is 1. The smallest absolute Gasteiger partial charge is 0.106 e. The Morgan fingerprint density at radius 3 is 2.67 bits per heavy atom. The Hall–Kier alpha value is -2.36. The molecule has 0 spiro atoms. The van der Waals surface area contributed by atoms with E-state index in [0.717, 1.165) is 35.6 Å². The van der Waals surface area contributed by atoms with E-state index in [0.29, 0.717) is 0 Å². The molecule has 0 aliphatic heterocycles. The van der Waals surface area contributed by atoms with Gasteiger partial charge in [-0.25, -0.2) is 9.97 Å². The summed E-state index contributed by atoms with van der Waals surface area (Å²) < 4.78 is 0. The molecule has 0 saturated carbocycles. The maximum atomic E-state index is 4.40. The molecular weight excluding hydrogens is 224 g/mol. The fourth-order valence-corrected chi connectivity index (χ4v) is 1.93. The summed E-state index contributed by atoms with van der Waals surface area (Å²) in [6, 6.07) is 10.2. The monoisotopic (exact) mass is 238 g/mol. The second kappa shape index (κ2) is 4.87. The number of hydrogen-bond donors (Lipinski definition) is 2. The van der Waals surface area contributed by atoms with Crippen LogP contribution in [0.3, 0.4) is 0 Å². The lowest BCUT2D eigenvalue weighted by atomic mass is 10.2. The standard InChI is InChI=1S/C14H14N4/c1-2-4-11(5-3-1)13-9-16-14(18-13)7-6-12-8-15-10-17-12/h1-5,8-10H,6-7H2,(H,15,17)(H,16,18). The summed E-state index contributed by atoms with van der Waals surface area (Å²) in [5.74, 6) is 1.00. The third kappa shape index (κ3) is 2.32. The summed E-state index contributed by atoms with van der Waals surface area (Å²) in [6.07, 6.45) is 7.24. The van der Waals surface area contributed by atoms with Gasteiger partial charge >= 0.3 is 0 Å². The molecule has 0 fully saturated rings. The van der Waals surface area contributed by atoms with Gasteiger partial charge in [-0.3, -0.25) is 0 Å². The van der Waals surface area contributed by atoms with Crippen LogP contribution < -0.4 is 0 Å². The van der Waals surface area contributed by atoms with Crippen LogP contribution in [0.5, 0.6) is 0 Å². The molecule has 0 amide bonds. The molecule has 2 heterocycles. The molecule has 2 N–H and O–H groups in total. The van der Waals surface area contributed by atoms with Gasteiger partial charge in [0, 0.05) is 18.3 Å². The quantitative estimate of drug-likeness (QED) is 0.734. The lowest BCUT2D eigenvalue weighted by Crippen LogP contribution is -1.93. The van der Waals surface area contributed by atoms with E-state index in [1.807, 2.05) is 30.6 Å². The van der Waals surface area contributed by atoms with Gasteiger partial charge in [-0.2, -0.15) is 0 Å². The third-order valence-electron chi connectivity index (χ3n) is 2.90. The summed E-state index contributed by atoms with van der Waals surface area (Å²) >= 11 is 0. The largest absolute Gasteiger partial charge is 0.348 e. The van der Waals surface area contributed by atoms with Crippen molar-refractivity contribution >= 4 is 0 Å². The van der Waals surface area contributed by atoms with Crippen LogP contribution in [0, 0.1) is 0 Å². The molecule has 2 aromatic heterocycles. The second-order valence-electron chi connectivity index (χ2n) is 4.19. The van der Waals surface area contributed by atoms with Crippen molar-refractivity contribution in [3.05, 3.63) is 60.6 Å². The predicted molar refractivity (Wildman–Crippen MR) is 70.0 cm³/mol. The molecule has 0 atom stereocenters. The van der Waals surface area contributed by atoms with Gasteiger partial charge in [0.1, 0.15) is 5.82 Å². The number of nitrogens with zero attached hydrogens (tertiary/aromatic N) is 2. The summed E-state index contributed by atoms with van der Waals surface area (Å²) in [7, 11) is 0. The molecule has 3 aromatic rings. The average molecular weight is 238 g/mol. The van der Waals surface area contributed by atoms with Crippen LogP contribution in [0.4, 0.5) is 0 Å². The van der Waals surface area contributed by atoms with Gasteiger partial charge in [0.05, 0.1) is 18.2 Å². The Labute approximate surface area is 105 Å². The van der Waals surface area contributed by atoms with E-state index in [-0.39, 0.29) is 0 Å². The molecule has 0 aliphatic rings. The molecule has 0 aliphatic carbocycles. The number of H-pyrrole nitrogens is 2. The Bertz CT molecular complexity index is 596. The molecule has 4 nitrogen and oxygen atoms in total. The fourth-order valence-electron chi connectivity index (χ4n) is 1.93. The van der Waals surface area contributed by atoms with E-state index in [9.17, 15) is 0 Å². The fraction of sp³-hybridized carbons (Fsp3) is 0.143. The molecule has 0 bridgehead atoms. The number of rotatable bonds is 4. The third-order valence-corrected chi connectivity index (χ3v) is 2.90. The van der Waals surface area contributed by atoms with Crippen LogP contribution in [-0.4, -0.2) is 19.9 Å². The zero-order valence-electron chi connectivity index (χ0n) is 9.93. The maximum Gasteiger partial charge on any atom is 0.106 e. The highest BCUT2D eigenvalue weighted by Crippen LogP contribution is 2.16. The molecule has 0 unspecified atom stereocenters. The highest BCUT2D eigenvalue weighted by molar-refractivity contribution is 5.57. The normalized spacial score (nSPS) is 10.7. The summed E-state index contributed by atoms with van der Waals surface area (Å²) in [6.45, 7) is 0. The molecular formula is C14H14N4. The van der Waals surface area contributed by atoms with Crippen molar-refractivity contribution < 1.29 is 0 Å². The van der Waals surface area contributed by atoms with Gasteiger partial charge in [0.2, 0.25) is 0 Å². The van der Waals surface area contributed by atoms with Gasteiger partial charge in [-0.05, 0) is 12.0 Å². The van der Waals surface area contributed by atoms with Crippen molar-refractivity contribution in [2.24, 2.45) is 0 Å². The lowest BCUT2D eigenvalue weighted by Gasteiger charge is -1.97. The number of aromatic amines is 2. The van der Waals surface area contributed by atoms with E-state index in [4.69, 9.17) is 0 Å². The van der Waals surface area contributed by atoms with Gasteiger partial charge in [0.15, 0.2) is 0 Å². The van der Waals surface area contributed by atoms with Crippen molar-refractivity contribution in [3.63, 3.8) is 0 Å². The lowest BCUT2D eigenvalue weighted by molar-refractivity contribution is 0.864. The van der Waals surface area contributed by atoms with E-state index in [1.165, 1.54) is 0 Å². The molecule has 18 heavy (non-hydrogen) atoms. The highest BCUT2D eigenvalue weighted by atomic mass is 14.9. The SMILES string of the molecule is c1ccc(-c2cnc(CCc3cnc[nH]3)[nH]2)cc1. The molecule has 0 radical (unpaired) electrons. The molecule has 4 heteroatoms. The number of aromatic nitrogens is 4. The Balaban J connectivity index is 1.70. The second-order valence-corrected chi connectivity index (χ2v) is 4.19. The van der Waals surface area contributed by atoms with E-state index in [2.05, 4.69) is 32.1 Å². The summed E-state index contributed by atoms with van der Waals surface area (Å²) in [4.78, 5) is 14.8.